The zero-order valence-electron chi connectivity index (χ0n) is 9.50. The van der Waals surface area contributed by atoms with E-state index in [0.29, 0.717) is 5.56 Å². The van der Waals surface area contributed by atoms with Crippen LogP contribution >= 0.6 is 11.3 Å². The van der Waals surface area contributed by atoms with Crippen molar-refractivity contribution >= 4 is 11.3 Å². The summed E-state index contributed by atoms with van der Waals surface area (Å²) in [6.07, 6.45) is 0. The van der Waals surface area contributed by atoms with Gasteiger partial charge in [0.15, 0.2) is 11.6 Å². The number of hydrogen-bond donors (Lipinski definition) is 1. The Morgan fingerprint density at radius 3 is 2.59 bits per heavy atom. The van der Waals surface area contributed by atoms with Gasteiger partial charge in [-0.3, -0.25) is 0 Å². The molecule has 1 atom stereocenters. The molecule has 0 aliphatic carbocycles. The fraction of sp³-hybridized carbons (Fsp3) is 0.250. The summed E-state index contributed by atoms with van der Waals surface area (Å²) in [7, 11) is 1.76. The molecule has 0 bridgehead atoms. The van der Waals surface area contributed by atoms with Crippen molar-refractivity contribution in [3.8, 4) is 0 Å². The van der Waals surface area contributed by atoms with Gasteiger partial charge in [-0.1, -0.05) is 6.07 Å². The van der Waals surface area contributed by atoms with Crippen LogP contribution < -0.4 is 5.32 Å². The smallest absolute Gasteiger partial charge is 0.159 e. The third kappa shape index (κ3) is 2.50. The Morgan fingerprint density at radius 1 is 1.29 bits per heavy atom. The molecule has 0 saturated carbocycles. The molecule has 17 heavy (non-hydrogen) atoms. The molecule has 1 unspecified atom stereocenters. The summed E-state index contributed by atoms with van der Waals surface area (Å²) in [4.78, 5) is 4.35. The van der Waals surface area contributed by atoms with Crippen molar-refractivity contribution in [2.75, 3.05) is 7.05 Å². The Bertz CT molecular complexity index is 525. The highest BCUT2D eigenvalue weighted by atomic mass is 32.1. The van der Waals surface area contributed by atoms with Crippen molar-refractivity contribution in [2.24, 2.45) is 0 Å². The lowest BCUT2D eigenvalue weighted by Crippen LogP contribution is -2.18. The third-order valence-electron chi connectivity index (χ3n) is 2.50. The Kier molecular flexibility index (Phi) is 3.49. The minimum Gasteiger partial charge on any atom is -0.308 e. The maximum absolute atomic E-state index is 13.2. The second-order valence-corrected chi connectivity index (χ2v) is 4.75. The Morgan fingerprint density at radius 2 is 2.06 bits per heavy atom. The lowest BCUT2D eigenvalue weighted by atomic mass is 10.0. The Hall–Kier alpha value is -1.33. The number of hydrogen-bond acceptors (Lipinski definition) is 3. The van der Waals surface area contributed by atoms with Crippen molar-refractivity contribution in [2.45, 2.75) is 13.0 Å². The molecule has 0 amide bonds. The maximum atomic E-state index is 13.2. The number of halogens is 2. The highest BCUT2D eigenvalue weighted by Gasteiger charge is 2.16. The number of aromatic nitrogens is 1. The number of nitrogens with zero attached hydrogens (tertiary/aromatic N) is 1. The molecule has 0 spiro atoms. The number of aryl methyl sites for hydroxylation is 1. The van der Waals surface area contributed by atoms with Crippen LogP contribution in [0, 0.1) is 18.6 Å². The van der Waals surface area contributed by atoms with Crippen LogP contribution in [0.2, 0.25) is 0 Å². The summed E-state index contributed by atoms with van der Waals surface area (Å²) in [6, 6.07) is 3.68. The molecule has 2 nitrogen and oxygen atoms in total. The summed E-state index contributed by atoms with van der Waals surface area (Å²) in [5.74, 6) is -1.67. The molecule has 5 heteroatoms. The van der Waals surface area contributed by atoms with Crippen LogP contribution in [-0.2, 0) is 0 Å². The monoisotopic (exact) mass is 254 g/mol. The zero-order chi connectivity index (χ0) is 12.4. The van der Waals surface area contributed by atoms with E-state index in [0.717, 1.165) is 16.8 Å². The first kappa shape index (κ1) is 12.1. The predicted molar refractivity (Wildman–Crippen MR) is 64.1 cm³/mol. The molecular weight excluding hydrogens is 242 g/mol. The van der Waals surface area contributed by atoms with E-state index in [1.54, 1.807) is 13.1 Å². The van der Waals surface area contributed by atoms with Crippen LogP contribution in [0.3, 0.4) is 0 Å². The standard InChI is InChI=1S/C12H12F2N2S/c1-7-16-11(6-17-7)12(15-2)8-3-4-9(13)10(14)5-8/h3-6,12,15H,1-2H3. The molecule has 1 aromatic carbocycles. The van der Waals surface area contributed by atoms with Gasteiger partial charge in [-0.15, -0.1) is 11.3 Å². The van der Waals surface area contributed by atoms with Gasteiger partial charge >= 0.3 is 0 Å². The third-order valence-corrected chi connectivity index (χ3v) is 3.29. The first-order valence-electron chi connectivity index (χ1n) is 5.16. The van der Waals surface area contributed by atoms with E-state index < -0.39 is 11.6 Å². The average Bonchev–Trinajstić information content (AvgIpc) is 2.71. The van der Waals surface area contributed by atoms with E-state index >= 15 is 0 Å². The average molecular weight is 254 g/mol. The van der Waals surface area contributed by atoms with Crippen molar-refractivity contribution in [3.05, 3.63) is 51.5 Å². The molecule has 90 valence electrons. The molecule has 0 saturated heterocycles. The van der Waals surface area contributed by atoms with Crippen molar-refractivity contribution in [1.29, 1.82) is 0 Å². The normalized spacial score (nSPS) is 12.7. The lowest BCUT2D eigenvalue weighted by Gasteiger charge is -2.14. The maximum Gasteiger partial charge on any atom is 0.159 e. The number of thiazole rings is 1. The predicted octanol–water partition coefficient (Wildman–Crippen LogP) is 3.04. The molecule has 1 N–H and O–H groups in total. The van der Waals surface area contributed by atoms with E-state index in [4.69, 9.17) is 0 Å². The van der Waals surface area contributed by atoms with Crippen molar-refractivity contribution in [1.82, 2.24) is 10.3 Å². The molecule has 0 aliphatic rings. The fourth-order valence-corrected chi connectivity index (χ4v) is 2.33. The van der Waals surface area contributed by atoms with Gasteiger partial charge in [-0.2, -0.15) is 0 Å². The minimum atomic E-state index is -0.838. The van der Waals surface area contributed by atoms with Gasteiger partial charge in [0.25, 0.3) is 0 Å². The van der Waals surface area contributed by atoms with Crippen LogP contribution in [0.15, 0.2) is 23.6 Å². The Labute approximate surface area is 102 Å². The summed E-state index contributed by atoms with van der Waals surface area (Å²) in [5.41, 5.74) is 1.48. The van der Waals surface area contributed by atoms with E-state index in [9.17, 15) is 8.78 Å². The molecule has 0 radical (unpaired) electrons. The van der Waals surface area contributed by atoms with Gasteiger partial charge in [-0.05, 0) is 31.7 Å². The van der Waals surface area contributed by atoms with Crippen LogP contribution in [-0.4, -0.2) is 12.0 Å². The summed E-state index contributed by atoms with van der Waals surface area (Å²) in [6.45, 7) is 1.91. The molecule has 2 aromatic rings. The van der Waals surface area contributed by atoms with E-state index in [2.05, 4.69) is 10.3 Å². The first-order valence-corrected chi connectivity index (χ1v) is 6.04. The minimum absolute atomic E-state index is 0.213. The molecule has 1 aromatic heterocycles. The van der Waals surface area contributed by atoms with E-state index in [1.165, 1.54) is 17.4 Å². The van der Waals surface area contributed by atoms with Gasteiger partial charge in [0.2, 0.25) is 0 Å². The van der Waals surface area contributed by atoms with Crippen molar-refractivity contribution in [3.63, 3.8) is 0 Å². The fourth-order valence-electron chi connectivity index (χ4n) is 1.69. The second kappa shape index (κ2) is 4.89. The van der Waals surface area contributed by atoms with Crippen LogP contribution in [0.4, 0.5) is 8.78 Å². The lowest BCUT2D eigenvalue weighted by molar-refractivity contribution is 0.504. The van der Waals surface area contributed by atoms with Gasteiger partial charge < -0.3 is 5.32 Å². The van der Waals surface area contributed by atoms with Crippen LogP contribution in [0.25, 0.3) is 0 Å². The Balaban J connectivity index is 2.38. The SMILES string of the molecule is CNC(c1ccc(F)c(F)c1)c1csc(C)n1. The first-order chi connectivity index (χ1) is 8.11. The topological polar surface area (TPSA) is 24.9 Å². The van der Waals surface area contributed by atoms with Gasteiger partial charge in [0.05, 0.1) is 16.7 Å². The number of rotatable bonds is 3. The number of nitrogens with one attached hydrogen (secondary N) is 1. The van der Waals surface area contributed by atoms with Gasteiger partial charge in [0, 0.05) is 5.38 Å². The molecule has 0 aliphatic heterocycles. The van der Waals surface area contributed by atoms with Gasteiger partial charge in [-0.25, -0.2) is 13.8 Å². The largest absolute Gasteiger partial charge is 0.308 e. The van der Waals surface area contributed by atoms with Gasteiger partial charge in [0.1, 0.15) is 0 Å². The van der Waals surface area contributed by atoms with Crippen LogP contribution in [0.5, 0.6) is 0 Å². The zero-order valence-corrected chi connectivity index (χ0v) is 10.3. The quantitative estimate of drug-likeness (QED) is 0.910. The molecular formula is C12H12F2N2S. The van der Waals surface area contributed by atoms with E-state index in [-0.39, 0.29) is 6.04 Å². The van der Waals surface area contributed by atoms with E-state index in [1.807, 2.05) is 12.3 Å². The second-order valence-electron chi connectivity index (χ2n) is 3.69. The van der Waals surface area contributed by atoms with Crippen LogP contribution in [0.1, 0.15) is 22.3 Å². The summed E-state index contributed by atoms with van der Waals surface area (Å²) in [5, 5.41) is 5.91. The molecule has 1 heterocycles. The highest BCUT2D eigenvalue weighted by molar-refractivity contribution is 7.09. The summed E-state index contributed by atoms with van der Waals surface area (Å²) < 4.78 is 26.0. The summed E-state index contributed by atoms with van der Waals surface area (Å²) >= 11 is 1.53. The van der Waals surface area contributed by atoms with Crippen molar-refractivity contribution < 1.29 is 8.78 Å². The number of benzene rings is 1. The molecule has 2 rings (SSSR count). The highest BCUT2D eigenvalue weighted by Crippen LogP contribution is 2.24. The molecule has 0 fully saturated rings.